The lowest BCUT2D eigenvalue weighted by Crippen LogP contribution is -2.49. The van der Waals surface area contributed by atoms with Crippen molar-refractivity contribution in [2.24, 2.45) is 5.41 Å². The van der Waals surface area contributed by atoms with E-state index in [2.05, 4.69) is 20.8 Å². The molecule has 0 aromatic rings. The second-order valence-electron chi connectivity index (χ2n) is 5.56. The highest BCUT2D eigenvalue weighted by Gasteiger charge is 2.31. The summed E-state index contributed by atoms with van der Waals surface area (Å²) in [5.74, 6) is 0. The molecule has 0 aliphatic heterocycles. The summed E-state index contributed by atoms with van der Waals surface area (Å²) in [6.45, 7) is 14.5. The van der Waals surface area contributed by atoms with Gasteiger partial charge in [0.15, 0.2) is 0 Å². The van der Waals surface area contributed by atoms with Crippen LogP contribution in [0.1, 0.15) is 48.5 Å². The number of nitrogens with zero attached hydrogens (tertiary/aromatic N) is 1. The smallest absolute Gasteiger partial charge is 0.0379 e. The van der Waals surface area contributed by atoms with E-state index in [1.807, 2.05) is 27.7 Å². The van der Waals surface area contributed by atoms with Crippen LogP contribution in [0.25, 0.3) is 0 Å². The van der Waals surface area contributed by atoms with Crippen LogP contribution in [-0.2, 0) is 0 Å². The molecule has 74 valence electrons. The van der Waals surface area contributed by atoms with Gasteiger partial charge in [-0.1, -0.05) is 20.8 Å². The van der Waals surface area contributed by atoms with Gasteiger partial charge >= 0.3 is 0 Å². The molecule has 0 saturated carbocycles. The first kappa shape index (κ1) is 11.9. The Kier molecular flexibility index (Phi) is 3.32. The molecule has 0 radical (unpaired) electrons. The molecule has 2 nitrogen and oxygen atoms in total. The Morgan fingerprint density at radius 2 is 1.33 bits per heavy atom. The minimum Gasteiger partial charge on any atom is -0.313 e. The van der Waals surface area contributed by atoms with Crippen LogP contribution < -0.4 is 0 Å². The molecule has 0 aromatic heterocycles. The molecule has 0 aromatic carbocycles. The van der Waals surface area contributed by atoms with E-state index in [1.165, 1.54) is 5.06 Å². The van der Waals surface area contributed by atoms with Crippen LogP contribution in [-0.4, -0.2) is 21.9 Å². The normalized spacial score (nSPS) is 16.8. The zero-order chi connectivity index (χ0) is 10.2. The standard InChI is InChI=1S/C10H23NO/c1-8(9(2,3)4)11(12)10(5,6)7/h8,12H,1-7H3. The van der Waals surface area contributed by atoms with E-state index in [0.29, 0.717) is 0 Å². The van der Waals surface area contributed by atoms with E-state index in [9.17, 15) is 5.21 Å². The molecule has 1 N–H and O–H groups in total. The van der Waals surface area contributed by atoms with Gasteiger partial charge in [0.1, 0.15) is 0 Å². The van der Waals surface area contributed by atoms with E-state index in [-0.39, 0.29) is 17.0 Å². The highest BCUT2D eigenvalue weighted by molar-refractivity contribution is 4.81. The summed E-state index contributed by atoms with van der Waals surface area (Å²) >= 11 is 0. The first-order valence-electron chi connectivity index (χ1n) is 4.55. The molecular weight excluding hydrogens is 150 g/mol. The summed E-state index contributed by atoms with van der Waals surface area (Å²) in [7, 11) is 0. The van der Waals surface area contributed by atoms with Gasteiger partial charge in [0.2, 0.25) is 0 Å². The number of hydrogen-bond donors (Lipinski definition) is 1. The highest BCUT2D eigenvalue weighted by atomic mass is 16.5. The van der Waals surface area contributed by atoms with E-state index < -0.39 is 0 Å². The fourth-order valence-corrected chi connectivity index (χ4v) is 0.948. The third-order valence-electron chi connectivity index (χ3n) is 2.31. The van der Waals surface area contributed by atoms with Crippen LogP contribution in [0.5, 0.6) is 0 Å². The predicted molar refractivity (Wildman–Crippen MR) is 52.3 cm³/mol. The Labute approximate surface area is 76.5 Å². The number of hydroxylamine groups is 2. The fourth-order valence-electron chi connectivity index (χ4n) is 0.948. The van der Waals surface area contributed by atoms with Crippen molar-refractivity contribution < 1.29 is 5.21 Å². The predicted octanol–water partition coefficient (Wildman–Crippen LogP) is 2.91. The molecule has 0 bridgehead atoms. The van der Waals surface area contributed by atoms with Crippen molar-refractivity contribution in [3.8, 4) is 0 Å². The van der Waals surface area contributed by atoms with Crippen molar-refractivity contribution >= 4 is 0 Å². The Morgan fingerprint density at radius 3 is 1.42 bits per heavy atom. The van der Waals surface area contributed by atoms with E-state index in [1.54, 1.807) is 0 Å². The minimum absolute atomic E-state index is 0.113. The summed E-state index contributed by atoms with van der Waals surface area (Å²) < 4.78 is 0. The summed E-state index contributed by atoms with van der Waals surface area (Å²) in [5, 5.41) is 11.3. The van der Waals surface area contributed by atoms with Gasteiger partial charge in [-0.25, -0.2) is 0 Å². The molecule has 1 unspecified atom stereocenters. The van der Waals surface area contributed by atoms with Crippen LogP contribution >= 0.6 is 0 Å². The van der Waals surface area contributed by atoms with Gasteiger partial charge in [-0.05, 0) is 33.1 Å². The summed E-state index contributed by atoms with van der Waals surface area (Å²) in [6, 6.07) is 0.164. The SMILES string of the molecule is CC(N(O)C(C)(C)C)C(C)(C)C. The lowest BCUT2D eigenvalue weighted by molar-refractivity contribution is -0.203. The van der Waals surface area contributed by atoms with Crippen molar-refractivity contribution in [1.29, 1.82) is 0 Å². The van der Waals surface area contributed by atoms with E-state index in [4.69, 9.17) is 0 Å². The molecule has 0 fully saturated rings. The van der Waals surface area contributed by atoms with E-state index in [0.717, 1.165) is 0 Å². The Bertz CT molecular complexity index is 123. The maximum atomic E-state index is 9.82. The quantitative estimate of drug-likeness (QED) is 0.616. The zero-order valence-electron chi connectivity index (χ0n) is 9.47. The Balaban J connectivity index is 4.41. The van der Waals surface area contributed by atoms with Gasteiger partial charge in [0, 0.05) is 11.6 Å². The molecular formula is C10H23NO. The van der Waals surface area contributed by atoms with Crippen molar-refractivity contribution in [2.45, 2.75) is 60.0 Å². The first-order chi connectivity index (χ1) is 5.07. The molecule has 0 amide bonds. The monoisotopic (exact) mass is 173 g/mol. The second kappa shape index (κ2) is 3.35. The fraction of sp³-hybridized carbons (Fsp3) is 1.00. The summed E-state index contributed by atoms with van der Waals surface area (Å²) in [4.78, 5) is 0. The molecule has 0 aliphatic rings. The molecule has 12 heavy (non-hydrogen) atoms. The van der Waals surface area contributed by atoms with Gasteiger partial charge in [0.05, 0.1) is 0 Å². The minimum atomic E-state index is -0.174. The first-order valence-corrected chi connectivity index (χ1v) is 4.55. The lowest BCUT2D eigenvalue weighted by atomic mass is 9.86. The van der Waals surface area contributed by atoms with Crippen molar-refractivity contribution in [3.05, 3.63) is 0 Å². The third-order valence-corrected chi connectivity index (χ3v) is 2.31. The lowest BCUT2D eigenvalue weighted by Gasteiger charge is -2.41. The van der Waals surface area contributed by atoms with Crippen LogP contribution in [0.2, 0.25) is 0 Å². The van der Waals surface area contributed by atoms with Gasteiger partial charge in [-0.2, -0.15) is 5.06 Å². The molecule has 1 atom stereocenters. The Morgan fingerprint density at radius 1 is 1.00 bits per heavy atom. The topological polar surface area (TPSA) is 23.5 Å². The second-order valence-corrected chi connectivity index (χ2v) is 5.56. The maximum Gasteiger partial charge on any atom is 0.0379 e. The highest BCUT2D eigenvalue weighted by Crippen LogP contribution is 2.27. The zero-order valence-corrected chi connectivity index (χ0v) is 9.47. The summed E-state index contributed by atoms with van der Waals surface area (Å²) in [5.41, 5.74) is -0.0608. The number of rotatable bonds is 1. The Hall–Kier alpha value is -0.0800. The van der Waals surface area contributed by atoms with Crippen molar-refractivity contribution in [2.75, 3.05) is 0 Å². The van der Waals surface area contributed by atoms with Crippen LogP contribution in [0.15, 0.2) is 0 Å². The van der Waals surface area contributed by atoms with Gasteiger partial charge in [-0.15, -0.1) is 0 Å². The molecule has 2 heteroatoms. The third kappa shape index (κ3) is 3.11. The number of hydrogen-bond acceptors (Lipinski definition) is 2. The van der Waals surface area contributed by atoms with Crippen LogP contribution in [0, 0.1) is 5.41 Å². The molecule has 0 heterocycles. The molecule has 0 saturated heterocycles. The van der Waals surface area contributed by atoms with Crippen molar-refractivity contribution in [1.82, 2.24) is 5.06 Å². The average molecular weight is 173 g/mol. The van der Waals surface area contributed by atoms with Gasteiger partial charge in [-0.3, -0.25) is 0 Å². The van der Waals surface area contributed by atoms with E-state index >= 15 is 0 Å². The van der Waals surface area contributed by atoms with Gasteiger partial charge in [0.25, 0.3) is 0 Å². The molecule has 0 spiro atoms. The van der Waals surface area contributed by atoms with Gasteiger partial charge < -0.3 is 5.21 Å². The van der Waals surface area contributed by atoms with Crippen LogP contribution in [0.4, 0.5) is 0 Å². The average Bonchev–Trinajstić information content (AvgIpc) is 1.80. The van der Waals surface area contributed by atoms with Crippen molar-refractivity contribution in [3.63, 3.8) is 0 Å². The molecule has 0 rings (SSSR count). The molecule has 0 aliphatic carbocycles. The largest absolute Gasteiger partial charge is 0.313 e. The summed E-state index contributed by atoms with van der Waals surface area (Å²) in [6.07, 6.45) is 0. The van der Waals surface area contributed by atoms with Crippen LogP contribution in [0.3, 0.4) is 0 Å². The maximum absolute atomic E-state index is 9.82.